The van der Waals surface area contributed by atoms with Crippen molar-refractivity contribution < 1.29 is 9.18 Å². The van der Waals surface area contributed by atoms with Gasteiger partial charge in [-0.05, 0) is 37.3 Å². The molecule has 1 aromatic carbocycles. The summed E-state index contributed by atoms with van der Waals surface area (Å²) in [5.74, 6) is -0.211. The number of rotatable bonds is 5. The number of thiazole rings is 2. The predicted octanol–water partition coefficient (Wildman–Crippen LogP) is 4.07. The van der Waals surface area contributed by atoms with Crippen LogP contribution in [-0.2, 0) is 11.3 Å². The minimum absolute atomic E-state index is 0.0301. The summed E-state index contributed by atoms with van der Waals surface area (Å²) in [6.45, 7) is 5.75. The maximum atomic E-state index is 13.1. The van der Waals surface area contributed by atoms with Gasteiger partial charge in [0.2, 0.25) is 5.91 Å². The SMILES string of the molecule is Cc1nc(/C=C/C(=O)N2CCN(Cc3csc(-c4ccc(F)cc4)n3)CC2)cs1. The highest BCUT2D eigenvalue weighted by Crippen LogP contribution is 2.24. The fourth-order valence-corrected chi connectivity index (χ4v) is 4.58. The van der Waals surface area contributed by atoms with Crippen molar-refractivity contribution >= 4 is 34.7 Å². The molecule has 1 aliphatic heterocycles. The van der Waals surface area contributed by atoms with Crippen LogP contribution >= 0.6 is 22.7 Å². The zero-order valence-corrected chi connectivity index (χ0v) is 17.7. The molecule has 1 fully saturated rings. The van der Waals surface area contributed by atoms with E-state index in [1.807, 2.05) is 17.2 Å². The average molecular weight is 429 g/mol. The highest BCUT2D eigenvalue weighted by atomic mass is 32.1. The first-order valence-electron chi connectivity index (χ1n) is 9.38. The van der Waals surface area contributed by atoms with Crippen LogP contribution in [0.15, 0.2) is 41.1 Å². The summed E-state index contributed by atoms with van der Waals surface area (Å²) in [5.41, 5.74) is 2.77. The summed E-state index contributed by atoms with van der Waals surface area (Å²) in [5, 5.41) is 5.89. The Labute approximate surface area is 177 Å². The monoisotopic (exact) mass is 428 g/mol. The smallest absolute Gasteiger partial charge is 0.246 e. The summed E-state index contributed by atoms with van der Waals surface area (Å²) in [4.78, 5) is 25.6. The maximum absolute atomic E-state index is 13.1. The van der Waals surface area contributed by atoms with E-state index in [0.717, 1.165) is 46.6 Å². The first-order valence-corrected chi connectivity index (χ1v) is 11.1. The molecule has 0 saturated carbocycles. The Balaban J connectivity index is 1.28. The molecule has 4 rings (SSSR count). The number of carbonyl (C=O) groups excluding carboxylic acids is 1. The Bertz CT molecular complexity index is 1000. The van der Waals surface area contributed by atoms with Crippen molar-refractivity contribution in [3.63, 3.8) is 0 Å². The van der Waals surface area contributed by atoms with E-state index < -0.39 is 0 Å². The lowest BCUT2D eigenvalue weighted by Crippen LogP contribution is -2.47. The lowest BCUT2D eigenvalue weighted by molar-refractivity contribution is -0.127. The van der Waals surface area contributed by atoms with Crippen LogP contribution in [0.3, 0.4) is 0 Å². The van der Waals surface area contributed by atoms with Gasteiger partial charge in [-0.25, -0.2) is 14.4 Å². The fourth-order valence-electron chi connectivity index (χ4n) is 3.18. The standard InChI is InChI=1S/C21H21FN4OS2/c1-15-23-18(13-28-15)6-7-20(27)26-10-8-25(9-11-26)12-19-14-29-21(24-19)16-2-4-17(22)5-3-16/h2-7,13-14H,8-12H2,1H3/b7-6+. The Morgan fingerprint density at radius 2 is 1.86 bits per heavy atom. The minimum atomic E-state index is -0.241. The number of nitrogens with zero attached hydrogens (tertiary/aromatic N) is 4. The summed E-state index contributed by atoms with van der Waals surface area (Å²) in [6.07, 6.45) is 3.39. The Hall–Kier alpha value is -2.42. The molecule has 1 amide bonds. The Kier molecular flexibility index (Phi) is 6.13. The molecule has 5 nitrogen and oxygen atoms in total. The van der Waals surface area contributed by atoms with E-state index in [1.54, 1.807) is 47.0 Å². The van der Waals surface area contributed by atoms with E-state index in [-0.39, 0.29) is 11.7 Å². The molecule has 0 aliphatic carbocycles. The van der Waals surface area contributed by atoms with E-state index in [4.69, 9.17) is 0 Å². The molecule has 3 heterocycles. The van der Waals surface area contributed by atoms with E-state index >= 15 is 0 Å². The van der Waals surface area contributed by atoms with Crippen molar-refractivity contribution in [1.29, 1.82) is 0 Å². The van der Waals surface area contributed by atoms with Gasteiger partial charge in [-0.3, -0.25) is 9.69 Å². The highest BCUT2D eigenvalue weighted by molar-refractivity contribution is 7.13. The van der Waals surface area contributed by atoms with Crippen LogP contribution in [0.25, 0.3) is 16.6 Å². The van der Waals surface area contributed by atoms with Gasteiger partial charge in [0.25, 0.3) is 0 Å². The van der Waals surface area contributed by atoms with Gasteiger partial charge in [-0.2, -0.15) is 0 Å². The molecule has 2 aromatic heterocycles. The van der Waals surface area contributed by atoms with Crippen molar-refractivity contribution in [1.82, 2.24) is 19.8 Å². The van der Waals surface area contributed by atoms with Crippen LogP contribution in [0.1, 0.15) is 16.4 Å². The zero-order valence-electron chi connectivity index (χ0n) is 16.0. The van der Waals surface area contributed by atoms with Crippen molar-refractivity contribution in [3.8, 4) is 10.6 Å². The van der Waals surface area contributed by atoms with E-state index in [1.165, 1.54) is 12.1 Å². The quantitative estimate of drug-likeness (QED) is 0.575. The lowest BCUT2D eigenvalue weighted by atomic mass is 10.2. The largest absolute Gasteiger partial charge is 0.337 e. The molecule has 3 aromatic rings. The summed E-state index contributed by atoms with van der Waals surface area (Å²) >= 11 is 3.15. The van der Waals surface area contributed by atoms with Crippen molar-refractivity contribution in [3.05, 3.63) is 63.3 Å². The topological polar surface area (TPSA) is 49.3 Å². The van der Waals surface area contributed by atoms with E-state index in [2.05, 4.69) is 20.2 Å². The molecule has 0 bridgehead atoms. The number of hydrogen-bond donors (Lipinski definition) is 0. The molecule has 0 radical (unpaired) electrons. The van der Waals surface area contributed by atoms with Gasteiger partial charge in [0.05, 0.1) is 16.4 Å². The van der Waals surface area contributed by atoms with Crippen LogP contribution in [-0.4, -0.2) is 51.9 Å². The maximum Gasteiger partial charge on any atom is 0.246 e. The number of halogens is 1. The number of aryl methyl sites for hydroxylation is 1. The number of hydrogen-bond acceptors (Lipinski definition) is 6. The van der Waals surface area contributed by atoms with E-state index in [9.17, 15) is 9.18 Å². The predicted molar refractivity (Wildman–Crippen MR) is 115 cm³/mol. The molecule has 0 spiro atoms. The number of amides is 1. The summed E-state index contributed by atoms with van der Waals surface area (Å²) in [6, 6.07) is 6.42. The number of benzene rings is 1. The molecule has 150 valence electrons. The van der Waals surface area contributed by atoms with Crippen LogP contribution in [0.4, 0.5) is 4.39 Å². The second-order valence-electron chi connectivity index (χ2n) is 6.88. The first-order chi connectivity index (χ1) is 14.1. The zero-order chi connectivity index (χ0) is 20.2. The van der Waals surface area contributed by atoms with Gasteiger partial charge in [0.1, 0.15) is 10.8 Å². The third-order valence-electron chi connectivity index (χ3n) is 4.75. The summed E-state index contributed by atoms with van der Waals surface area (Å²) < 4.78 is 13.1. The van der Waals surface area contributed by atoms with Gasteiger partial charge >= 0.3 is 0 Å². The molecule has 1 aliphatic rings. The number of piperazine rings is 1. The van der Waals surface area contributed by atoms with Gasteiger partial charge in [0, 0.05) is 55.1 Å². The molecule has 0 atom stereocenters. The first kappa shape index (κ1) is 19.9. The molecular formula is C21H21FN4OS2. The second-order valence-corrected chi connectivity index (χ2v) is 8.80. The van der Waals surface area contributed by atoms with Crippen molar-refractivity contribution in [2.24, 2.45) is 0 Å². The minimum Gasteiger partial charge on any atom is -0.337 e. The van der Waals surface area contributed by atoms with Crippen LogP contribution in [0.5, 0.6) is 0 Å². The van der Waals surface area contributed by atoms with Gasteiger partial charge in [0.15, 0.2) is 0 Å². The number of carbonyl (C=O) groups is 1. The second kappa shape index (κ2) is 8.94. The van der Waals surface area contributed by atoms with Gasteiger partial charge in [-0.15, -0.1) is 22.7 Å². The van der Waals surface area contributed by atoms with Crippen LogP contribution in [0, 0.1) is 12.7 Å². The number of aromatic nitrogens is 2. The van der Waals surface area contributed by atoms with Gasteiger partial charge < -0.3 is 4.90 Å². The molecule has 0 unspecified atom stereocenters. The van der Waals surface area contributed by atoms with Crippen molar-refractivity contribution in [2.75, 3.05) is 26.2 Å². The fraction of sp³-hybridized carbons (Fsp3) is 0.286. The molecule has 1 saturated heterocycles. The van der Waals surface area contributed by atoms with Gasteiger partial charge in [-0.1, -0.05) is 0 Å². The third-order valence-corrected chi connectivity index (χ3v) is 6.48. The molecular weight excluding hydrogens is 407 g/mol. The summed E-state index contributed by atoms with van der Waals surface area (Å²) in [7, 11) is 0. The normalized spacial score (nSPS) is 15.3. The van der Waals surface area contributed by atoms with Crippen LogP contribution in [0.2, 0.25) is 0 Å². The molecule has 8 heteroatoms. The van der Waals surface area contributed by atoms with Crippen molar-refractivity contribution in [2.45, 2.75) is 13.5 Å². The molecule has 0 N–H and O–H groups in total. The Morgan fingerprint density at radius 1 is 1.10 bits per heavy atom. The lowest BCUT2D eigenvalue weighted by Gasteiger charge is -2.33. The average Bonchev–Trinajstić information content (AvgIpc) is 3.36. The van der Waals surface area contributed by atoms with E-state index in [0.29, 0.717) is 13.1 Å². The third kappa shape index (κ3) is 5.14. The highest BCUT2D eigenvalue weighted by Gasteiger charge is 2.20. The van der Waals surface area contributed by atoms with Crippen LogP contribution < -0.4 is 0 Å². The Morgan fingerprint density at radius 3 is 2.55 bits per heavy atom. The molecule has 29 heavy (non-hydrogen) atoms.